The van der Waals surface area contributed by atoms with E-state index in [0.29, 0.717) is 12.5 Å². The highest BCUT2D eigenvalue weighted by Crippen LogP contribution is 2.42. The molecule has 3 aliphatic heterocycles. The molecule has 2 atom stereocenters. The number of nitrogens with zero attached hydrogens (tertiary/aromatic N) is 3. The number of carbonyl (C=O) groups is 1. The Hall–Kier alpha value is -1.43. The smallest absolute Gasteiger partial charge is 0.227 e. The Kier molecular flexibility index (Phi) is 4.07. The number of likely N-dealkylation sites (tertiary alicyclic amines) is 1. The molecule has 26 heavy (non-hydrogen) atoms. The number of benzene rings is 1. The second-order valence-electron chi connectivity index (χ2n) is 8.85. The topological polar surface area (TPSA) is 47.0 Å². The van der Waals surface area contributed by atoms with Gasteiger partial charge in [-0.3, -0.25) is 14.6 Å². The molecule has 5 rings (SSSR count). The highest BCUT2D eigenvalue weighted by Gasteiger charge is 2.57. The number of carbonyl (C=O) groups excluding carboxylic acids is 1. The van der Waals surface area contributed by atoms with E-state index in [1.807, 2.05) is 30.3 Å². The lowest BCUT2D eigenvalue weighted by Gasteiger charge is -2.63. The molecule has 1 saturated carbocycles. The zero-order valence-electron chi connectivity index (χ0n) is 15.4. The predicted octanol–water partition coefficient (Wildman–Crippen LogP) is 1.11. The molecule has 3 heterocycles. The van der Waals surface area contributed by atoms with Crippen LogP contribution in [0.5, 0.6) is 0 Å². The monoisotopic (exact) mass is 355 g/mol. The number of β-amino-alcohol motifs (C(OH)–C–C–N with tert-alkyl or cyclic N) is 1. The second kappa shape index (κ2) is 6.32. The summed E-state index contributed by atoms with van der Waals surface area (Å²) >= 11 is 0. The Labute approximate surface area is 155 Å². The van der Waals surface area contributed by atoms with E-state index in [9.17, 15) is 9.90 Å². The van der Waals surface area contributed by atoms with Gasteiger partial charge in [0.2, 0.25) is 5.91 Å². The van der Waals surface area contributed by atoms with E-state index in [-0.39, 0.29) is 17.6 Å². The standard InChI is InChI=1S/C21H29N3O2/c25-19-10-18-11-22(20(26)9-16-5-2-1-3-6-16)13-21(24(18)12-19)14-23(15-21)17-7-4-8-17/h1-3,5-6,17-19,25H,4,7-15H2/t18-,19-/m1/s1. The average Bonchev–Trinajstić information content (AvgIpc) is 2.93. The highest BCUT2D eigenvalue weighted by atomic mass is 16.3. The zero-order chi connectivity index (χ0) is 17.7. The van der Waals surface area contributed by atoms with Gasteiger partial charge in [0.15, 0.2) is 0 Å². The van der Waals surface area contributed by atoms with E-state index < -0.39 is 0 Å². The number of aliphatic hydroxyl groups excluding tert-OH is 1. The summed E-state index contributed by atoms with van der Waals surface area (Å²) in [6.45, 7) is 4.51. The van der Waals surface area contributed by atoms with Crippen molar-refractivity contribution >= 4 is 5.91 Å². The number of piperazine rings is 1. The van der Waals surface area contributed by atoms with E-state index in [1.54, 1.807) is 0 Å². The maximum atomic E-state index is 13.0. The number of hydrogen-bond acceptors (Lipinski definition) is 4. The number of amides is 1. The lowest BCUT2D eigenvalue weighted by Crippen LogP contribution is -2.79. The van der Waals surface area contributed by atoms with Crippen molar-refractivity contribution in [1.29, 1.82) is 0 Å². The summed E-state index contributed by atoms with van der Waals surface area (Å²) in [5, 5.41) is 10.2. The molecule has 4 fully saturated rings. The molecule has 0 radical (unpaired) electrons. The van der Waals surface area contributed by atoms with Crippen LogP contribution in [0, 0.1) is 0 Å². The fraction of sp³-hybridized carbons (Fsp3) is 0.667. The Bertz CT molecular complexity index is 669. The van der Waals surface area contributed by atoms with Gasteiger partial charge in [0, 0.05) is 44.8 Å². The molecule has 0 bridgehead atoms. The molecule has 140 valence electrons. The normalized spacial score (nSPS) is 31.5. The van der Waals surface area contributed by atoms with E-state index in [0.717, 1.165) is 50.7 Å². The van der Waals surface area contributed by atoms with Crippen LogP contribution in [-0.4, -0.2) is 82.2 Å². The number of rotatable bonds is 3. The van der Waals surface area contributed by atoms with E-state index in [2.05, 4.69) is 14.7 Å². The van der Waals surface area contributed by atoms with E-state index in [4.69, 9.17) is 0 Å². The Morgan fingerprint density at radius 2 is 1.85 bits per heavy atom. The lowest BCUT2D eigenvalue weighted by atomic mass is 9.79. The quantitative estimate of drug-likeness (QED) is 0.883. The third kappa shape index (κ3) is 2.77. The fourth-order valence-electron chi connectivity index (χ4n) is 5.48. The molecule has 5 heteroatoms. The van der Waals surface area contributed by atoms with Gasteiger partial charge < -0.3 is 10.0 Å². The van der Waals surface area contributed by atoms with Crippen molar-refractivity contribution in [3.8, 4) is 0 Å². The van der Waals surface area contributed by atoms with Crippen LogP contribution in [-0.2, 0) is 11.2 Å². The maximum absolute atomic E-state index is 13.0. The van der Waals surface area contributed by atoms with Gasteiger partial charge >= 0.3 is 0 Å². The molecule has 0 aromatic heterocycles. The summed E-state index contributed by atoms with van der Waals surface area (Å²) < 4.78 is 0. The number of aliphatic hydroxyl groups is 1. The van der Waals surface area contributed by atoms with Crippen molar-refractivity contribution in [3.05, 3.63) is 35.9 Å². The zero-order valence-corrected chi connectivity index (χ0v) is 15.4. The molecule has 1 N–H and O–H groups in total. The third-order valence-electron chi connectivity index (χ3n) is 7.05. The Balaban J connectivity index is 1.31. The van der Waals surface area contributed by atoms with Gasteiger partial charge in [-0.15, -0.1) is 0 Å². The van der Waals surface area contributed by atoms with Gasteiger partial charge in [-0.05, 0) is 24.8 Å². The largest absolute Gasteiger partial charge is 0.392 e. The summed E-state index contributed by atoms with van der Waals surface area (Å²) in [7, 11) is 0. The first kappa shape index (κ1) is 16.7. The summed E-state index contributed by atoms with van der Waals surface area (Å²) in [6, 6.07) is 11.1. The molecule has 1 aromatic rings. The summed E-state index contributed by atoms with van der Waals surface area (Å²) in [6.07, 6.45) is 5.08. The van der Waals surface area contributed by atoms with Crippen LogP contribution < -0.4 is 0 Å². The number of fused-ring (bicyclic) bond motifs is 2. The van der Waals surface area contributed by atoms with Gasteiger partial charge in [0.05, 0.1) is 18.1 Å². The van der Waals surface area contributed by atoms with Gasteiger partial charge in [0.1, 0.15) is 0 Å². The summed E-state index contributed by atoms with van der Waals surface area (Å²) in [4.78, 5) is 20.2. The molecule has 1 aliphatic carbocycles. The van der Waals surface area contributed by atoms with Crippen LogP contribution in [0.15, 0.2) is 30.3 Å². The highest BCUT2D eigenvalue weighted by molar-refractivity contribution is 5.79. The second-order valence-corrected chi connectivity index (χ2v) is 8.85. The van der Waals surface area contributed by atoms with Gasteiger partial charge in [-0.2, -0.15) is 0 Å². The average molecular weight is 355 g/mol. The first-order valence-corrected chi connectivity index (χ1v) is 10.1. The fourth-order valence-corrected chi connectivity index (χ4v) is 5.48. The molecule has 1 amide bonds. The summed E-state index contributed by atoms with van der Waals surface area (Å²) in [5.41, 5.74) is 1.16. The Morgan fingerprint density at radius 3 is 2.54 bits per heavy atom. The predicted molar refractivity (Wildman–Crippen MR) is 99.8 cm³/mol. The molecule has 5 nitrogen and oxygen atoms in total. The molecule has 1 spiro atoms. The third-order valence-corrected chi connectivity index (χ3v) is 7.05. The molecule has 1 aromatic carbocycles. The van der Waals surface area contributed by atoms with E-state index in [1.165, 1.54) is 19.3 Å². The van der Waals surface area contributed by atoms with Crippen molar-refractivity contribution in [2.75, 3.05) is 32.7 Å². The number of hydrogen-bond donors (Lipinski definition) is 1. The van der Waals surface area contributed by atoms with Gasteiger partial charge in [0.25, 0.3) is 0 Å². The van der Waals surface area contributed by atoms with Crippen LogP contribution in [0.3, 0.4) is 0 Å². The van der Waals surface area contributed by atoms with Gasteiger partial charge in [-0.25, -0.2) is 0 Å². The van der Waals surface area contributed by atoms with Crippen molar-refractivity contribution in [1.82, 2.24) is 14.7 Å². The SMILES string of the molecule is O=C(Cc1ccccc1)N1C[C@H]2C[C@@H](O)CN2C2(C1)CN(C1CCC1)C2. The first-order chi connectivity index (χ1) is 12.6. The van der Waals surface area contributed by atoms with Crippen LogP contribution in [0.2, 0.25) is 0 Å². The molecule has 4 aliphatic rings. The molecule has 0 unspecified atom stereocenters. The summed E-state index contributed by atoms with van der Waals surface area (Å²) in [5.74, 6) is 0.235. The minimum absolute atomic E-state index is 0.0718. The minimum atomic E-state index is -0.237. The maximum Gasteiger partial charge on any atom is 0.227 e. The van der Waals surface area contributed by atoms with Crippen LogP contribution >= 0.6 is 0 Å². The van der Waals surface area contributed by atoms with Crippen LogP contribution in [0.4, 0.5) is 0 Å². The van der Waals surface area contributed by atoms with Crippen molar-refractivity contribution in [2.45, 2.75) is 55.8 Å². The molecular formula is C21H29N3O2. The van der Waals surface area contributed by atoms with Crippen LogP contribution in [0.1, 0.15) is 31.2 Å². The van der Waals surface area contributed by atoms with Crippen molar-refractivity contribution in [2.24, 2.45) is 0 Å². The van der Waals surface area contributed by atoms with Crippen molar-refractivity contribution < 1.29 is 9.90 Å². The van der Waals surface area contributed by atoms with Gasteiger partial charge in [-0.1, -0.05) is 36.8 Å². The van der Waals surface area contributed by atoms with Crippen LogP contribution in [0.25, 0.3) is 0 Å². The molecular weight excluding hydrogens is 326 g/mol. The first-order valence-electron chi connectivity index (χ1n) is 10.1. The molecule has 3 saturated heterocycles. The van der Waals surface area contributed by atoms with E-state index >= 15 is 0 Å². The van der Waals surface area contributed by atoms with Crippen molar-refractivity contribution in [3.63, 3.8) is 0 Å². The Morgan fingerprint density at radius 1 is 1.08 bits per heavy atom. The lowest BCUT2D eigenvalue weighted by molar-refractivity contribution is -0.156. The minimum Gasteiger partial charge on any atom is -0.392 e.